The topological polar surface area (TPSA) is 47.6 Å². The summed E-state index contributed by atoms with van der Waals surface area (Å²) in [5, 5.41) is 2.87. The zero-order valence-electron chi connectivity index (χ0n) is 17.1. The maximum atomic E-state index is 12.4. The monoisotopic (exact) mass is 389 g/mol. The molecule has 3 aromatic rings. The van der Waals surface area contributed by atoms with Crippen LogP contribution in [-0.2, 0) is 4.79 Å². The summed E-state index contributed by atoms with van der Waals surface area (Å²) < 4.78 is 11.4. The van der Waals surface area contributed by atoms with E-state index in [-0.39, 0.29) is 5.91 Å². The molecule has 0 fully saturated rings. The number of ether oxygens (including phenoxy) is 2. The molecule has 4 nitrogen and oxygen atoms in total. The van der Waals surface area contributed by atoms with Crippen molar-refractivity contribution in [3.63, 3.8) is 0 Å². The Morgan fingerprint density at radius 3 is 2.00 bits per heavy atom. The van der Waals surface area contributed by atoms with Gasteiger partial charge in [0.05, 0.1) is 6.61 Å². The van der Waals surface area contributed by atoms with E-state index in [4.69, 9.17) is 9.47 Å². The Hall–Kier alpha value is -3.27. The van der Waals surface area contributed by atoms with E-state index < -0.39 is 6.10 Å². The van der Waals surface area contributed by atoms with Gasteiger partial charge in [0.25, 0.3) is 5.91 Å². The first-order valence-electron chi connectivity index (χ1n) is 9.87. The molecule has 0 saturated heterocycles. The summed E-state index contributed by atoms with van der Waals surface area (Å²) >= 11 is 0. The standard InChI is InChI=1S/C25H27NO3/c1-18(2)17-28-23-15-11-22(12-16-23)26-25(27)19(3)29-24-13-9-21(10-14-24)20-7-5-4-6-8-20/h4-16,18-19H,17H2,1-3H3,(H,26,27). The first-order chi connectivity index (χ1) is 14.0. The second-order valence-electron chi connectivity index (χ2n) is 7.37. The predicted octanol–water partition coefficient (Wildman–Crippen LogP) is 5.79. The van der Waals surface area contributed by atoms with Crippen LogP contribution in [0.3, 0.4) is 0 Å². The van der Waals surface area contributed by atoms with Crippen molar-refractivity contribution >= 4 is 11.6 Å². The minimum atomic E-state index is -0.616. The quantitative estimate of drug-likeness (QED) is 0.530. The first kappa shape index (κ1) is 20.5. The molecule has 0 heterocycles. The number of hydrogen-bond donors (Lipinski definition) is 1. The largest absolute Gasteiger partial charge is 0.493 e. The van der Waals surface area contributed by atoms with Gasteiger partial charge in [0.15, 0.2) is 6.10 Å². The van der Waals surface area contributed by atoms with Crippen molar-refractivity contribution in [2.45, 2.75) is 26.9 Å². The van der Waals surface area contributed by atoms with Gasteiger partial charge in [-0.3, -0.25) is 4.79 Å². The van der Waals surface area contributed by atoms with Crippen LogP contribution in [0.15, 0.2) is 78.9 Å². The highest BCUT2D eigenvalue weighted by Crippen LogP contribution is 2.23. The van der Waals surface area contributed by atoms with Gasteiger partial charge in [0.2, 0.25) is 0 Å². The Labute approximate surface area is 172 Å². The van der Waals surface area contributed by atoms with Crippen molar-refractivity contribution in [2.24, 2.45) is 5.92 Å². The lowest BCUT2D eigenvalue weighted by atomic mass is 10.1. The van der Waals surface area contributed by atoms with E-state index >= 15 is 0 Å². The molecule has 3 aromatic carbocycles. The molecule has 1 amide bonds. The van der Waals surface area contributed by atoms with Gasteiger partial charge in [0, 0.05) is 5.69 Å². The van der Waals surface area contributed by atoms with Crippen LogP contribution in [0.2, 0.25) is 0 Å². The van der Waals surface area contributed by atoms with Crippen LogP contribution >= 0.6 is 0 Å². The fourth-order valence-electron chi connectivity index (χ4n) is 2.76. The summed E-state index contributed by atoms with van der Waals surface area (Å²) in [5.41, 5.74) is 2.96. The van der Waals surface area contributed by atoms with Gasteiger partial charge in [-0.1, -0.05) is 56.3 Å². The molecule has 0 aliphatic rings. The van der Waals surface area contributed by atoms with Crippen molar-refractivity contribution in [2.75, 3.05) is 11.9 Å². The molecule has 0 aromatic heterocycles. The molecule has 0 bridgehead atoms. The second kappa shape index (κ2) is 9.78. The van der Waals surface area contributed by atoms with E-state index in [2.05, 4.69) is 31.3 Å². The Bertz CT molecular complexity index is 903. The number of rotatable bonds is 8. The average Bonchev–Trinajstić information content (AvgIpc) is 2.74. The number of anilines is 1. The molecule has 1 atom stereocenters. The molecule has 3 rings (SSSR count). The fourth-order valence-corrected chi connectivity index (χ4v) is 2.76. The first-order valence-corrected chi connectivity index (χ1v) is 9.87. The SMILES string of the molecule is CC(C)COc1ccc(NC(=O)C(C)Oc2ccc(-c3ccccc3)cc2)cc1. The molecule has 0 aliphatic carbocycles. The van der Waals surface area contributed by atoms with Gasteiger partial charge >= 0.3 is 0 Å². The fraction of sp³-hybridized carbons (Fsp3) is 0.240. The molecule has 4 heteroatoms. The Morgan fingerprint density at radius 2 is 1.38 bits per heavy atom. The van der Waals surface area contributed by atoms with Crippen molar-refractivity contribution in [3.05, 3.63) is 78.9 Å². The number of carbonyl (C=O) groups is 1. The zero-order valence-corrected chi connectivity index (χ0v) is 17.1. The maximum absolute atomic E-state index is 12.4. The summed E-state index contributed by atoms with van der Waals surface area (Å²) in [4.78, 5) is 12.4. The lowest BCUT2D eigenvalue weighted by molar-refractivity contribution is -0.122. The van der Waals surface area contributed by atoms with E-state index in [1.807, 2.05) is 66.7 Å². The third-order valence-corrected chi connectivity index (χ3v) is 4.35. The van der Waals surface area contributed by atoms with Gasteiger partial charge in [-0.2, -0.15) is 0 Å². The maximum Gasteiger partial charge on any atom is 0.265 e. The molecule has 0 saturated carbocycles. The van der Waals surface area contributed by atoms with Crippen LogP contribution in [0.25, 0.3) is 11.1 Å². The summed E-state index contributed by atoms with van der Waals surface area (Å²) in [6, 6.07) is 25.2. The zero-order chi connectivity index (χ0) is 20.6. The number of nitrogens with one attached hydrogen (secondary N) is 1. The summed E-state index contributed by atoms with van der Waals surface area (Å²) in [6.07, 6.45) is -0.616. The lowest BCUT2D eigenvalue weighted by Crippen LogP contribution is -2.30. The second-order valence-corrected chi connectivity index (χ2v) is 7.37. The molecule has 150 valence electrons. The molecule has 0 spiro atoms. The van der Waals surface area contributed by atoms with Crippen LogP contribution < -0.4 is 14.8 Å². The number of benzene rings is 3. The van der Waals surface area contributed by atoms with E-state index in [0.29, 0.717) is 24.0 Å². The van der Waals surface area contributed by atoms with Crippen molar-refractivity contribution in [3.8, 4) is 22.6 Å². The Balaban J connectivity index is 1.53. The number of carbonyl (C=O) groups excluding carboxylic acids is 1. The van der Waals surface area contributed by atoms with Crippen molar-refractivity contribution in [1.82, 2.24) is 0 Å². The minimum Gasteiger partial charge on any atom is -0.493 e. The molecule has 1 unspecified atom stereocenters. The average molecular weight is 389 g/mol. The van der Waals surface area contributed by atoms with Crippen LogP contribution in [-0.4, -0.2) is 18.6 Å². The molecule has 0 aliphatic heterocycles. The third-order valence-electron chi connectivity index (χ3n) is 4.35. The molecule has 29 heavy (non-hydrogen) atoms. The highest BCUT2D eigenvalue weighted by atomic mass is 16.5. The Kier molecular flexibility index (Phi) is 6.90. The number of amides is 1. The summed E-state index contributed by atoms with van der Waals surface area (Å²) in [7, 11) is 0. The van der Waals surface area contributed by atoms with Crippen molar-refractivity contribution in [1.29, 1.82) is 0 Å². The van der Waals surface area contributed by atoms with Crippen LogP contribution in [0.1, 0.15) is 20.8 Å². The third kappa shape index (κ3) is 6.11. The Morgan fingerprint density at radius 1 is 0.793 bits per heavy atom. The van der Waals surface area contributed by atoms with Gasteiger partial charge in [0.1, 0.15) is 11.5 Å². The lowest BCUT2D eigenvalue weighted by Gasteiger charge is -2.15. The van der Waals surface area contributed by atoms with Gasteiger partial charge in [-0.25, -0.2) is 0 Å². The summed E-state index contributed by atoms with van der Waals surface area (Å²) in [5.74, 6) is 1.71. The van der Waals surface area contributed by atoms with Gasteiger partial charge in [-0.05, 0) is 60.4 Å². The van der Waals surface area contributed by atoms with Crippen LogP contribution in [0.4, 0.5) is 5.69 Å². The molecular formula is C25H27NO3. The smallest absolute Gasteiger partial charge is 0.265 e. The van der Waals surface area contributed by atoms with Crippen LogP contribution in [0.5, 0.6) is 11.5 Å². The van der Waals surface area contributed by atoms with E-state index in [9.17, 15) is 4.79 Å². The number of hydrogen-bond acceptors (Lipinski definition) is 3. The normalized spacial score (nSPS) is 11.7. The van der Waals surface area contributed by atoms with Crippen LogP contribution in [0, 0.1) is 5.92 Å². The van der Waals surface area contributed by atoms with E-state index in [0.717, 1.165) is 16.9 Å². The molecule has 1 N–H and O–H groups in total. The minimum absolute atomic E-state index is 0.201. The molecular weight excluding hydrogens is 362 g/mol. The van der Waals surface area contributed by atoms with E-state index in [1.54, 1.807) is 6.92 Å². The summed E-state index contributed by atoms with van der Waals surface area (Å²) in [6.45, 7) is 6.61. The van der Waals surface area contributed by atoms with E-state index in [1.165, 1.54) is 0 Å². The predicted molar refractivity (Wildman–Crippen MR) is 117 cm³/mol. The van der Waals surface area contributed by atoms with Gasteiger partial charge < -0.3 is 14.8 Å². The highest BCUT2D eigenvalue weighted by Gasteiger charge is 2.15. The molecule has 0 radical (unpaired) electrons. The van der Waals surface area contributed by atoms with Crippen molar-refractivity contribution < 1.29 is 14.3 Å². The highest BCUT2D eigenvalue weighted by molar-refractivity contribution is 5.94. The van der Waals surface area contributed by atoms with Gasteiger partial charge in [-0.15, -0.1) is 0 Å².